The van der Waals surface area contributed by atoms with Crippen LogP contribution in [-0.4, -0.2) is 18.7 Å². The fourth-order valence-corrected chi connectivity index (χ4v) is 1.32. The van der Waals surface area contributed by atoms with Crippen molar-refractivity contribution in [1.82, 2.24) is 0 Å². The Kier molecular flexibility index (Phi) is 8.79. The maximum absolute atomic E-state index is 12.9. The molecule has 0 heterocycles. The fourth-order valence-electron chi connectivity index (χ4n) is 1.10. The molecular weight excluding hydrogens is 265 g/mol. The van der Waals surface area contributed by atoms with Gasteiger partial charge in [0.05, 0.1) is 10.7 Å². The number of hydrogen-bond donors (Lipinski definition) is 1. The lowest BCUT2D eigenvalue weighted by atomic mass is 10.3. The Hall–Kier alpha value is -1.42. The molecule has 0 bridgehead atoms. The van der Waals surface area contributed by atoms with Gasteiger partial charge in [-0.2, -0.15) is 0 Å². The molecule has 0 saturated heterocycles. The van der Waals surface area contributed by atoms with E-state index >= 15 is 0 Å². The summed E-state index contributed by atoms with van der Waals surface area (Å²) in [7, 11) is 1.63. The van der Waals surface area contributed by atoms with Gasteiger partial charge in [-0.1, -0.05) is 32.4 Å². The van der Waals surface area contributed by atoms with E-state index in [1.807, 2.05) is 27.7 Å². The zero-order chi connectivity index (χ0) is 14.8. The van der Waals surface area contributed by atoms with Crippen LogP contribution < -0.4 is 5.32 Å². The van der Waals surface area contributed by atoms with E-state index < -0.39 is 0 Å². The molecule has 1 rings (SSSR count). The monoisotopic (exact) mass is 285 g/mol. The van der Waals surface area contributed by atoms with Crippen LogP contribution in [0.5, 0.6) is 0 Å². The summed E-state index contributed by atoms with van der Waals surface area (Å²) in [5.74, 6) is 0.0848. The van der Waals surface area contributed by atoms with Crippen molar-refractivity contribution in [3.63, 3.8) is 0 Å². The minimum Gasteiger partial charge on any atom is -0.323 e. The highest BCUT2D eigenvalue weighted by Crippen LogP contribution is 2.22. The molecule has 5 heteroatoms. The Labute approximate surface area is 119 Å². The van der Waals surface area contributed by atoms with Gasteiger partial charge in [0.25, 0.3) is 0 Å². The molecule has 1 aromatic carbocycles. The molecule has 0 spiro atoms. The number of nitrogens with zero attached hydrogens (tertiary/aromatic N) is 2. The Balaban J connectivity index is 0.00000154. The number of benzene rings is 1. The van der Waals surface area contributed by atoms with Gasteiger partial charge in [0.15, 0.2) is 0 Å². The van der Waals surface area contributed by atoms with Crippen LogP contribution in [0, 0.1) is 5.82 Å². The van der Waals surface area contributed by atoms with E-state index in [1.165, 1.54) is 12.1 Å². The van der Waals surface area contributed by atoms with Crippen molar-refractivity contribution in [1.29, 1.82) is 0 Å². The van der Waals surface area contributed by atoms with E-state index in [1.54, 1.807) is 13.1 Å². The Morgan fingerprint density at radius 2 is 2.00 bits per heavy atom. The van der Waals surface area contributed by atoms with Crippen LogP contribution in [0.2, 0.25) is 5.02 Å². The molecular formula is C14H21ClFN3. The fraction of sp³-hybridized carbons (Fsp3) is 0.429. The number of nitrogens with one attached hydrogen (secondary N) is 1. The van der Waals surface area contributed by atoms with E-state index in [0.717, 1.165) is 12.1 Å². The summed E-state index contributed by atoms with van der Waals surface area (Å²) in [4.78, 5) is 8.28. The maximum atomic E-state index is 12.9. The topological polar surface area (TPSA) is 36.8 Å². The van der Waals surface area contributed by atoms with Gasteiger partial charge in [0, 0.05) is 12.8 Å². The molecule has 1 N–H and O–H groups in total. The van der Waals surface area contributed by atoms with Crippen LogP contribution in [0.15, 0.2) is 28.2 Å². The largest absolute Gasteiger partial charge is 0.323 e. The molecule has 0 amide bonds. The van der Waals surface area contributed by atoms with Crippen LogP contribution in [0.25, 0.3) is 0 Å². The molecule has 3 nitrogen and oxygen atoms in total. The highest BCUT2D eigenvalue weighted by Gasteiger charge is 2.04. The molecule has 0 atom stereocenters. The van der Waals surface area contributed by atoms with Gasteiger partial charge in [-0.3, -0.25) is 4.99 Å². The number of aliphatic imine (C=N–C) groups is 2. The Morgan fingerprint density at radius 1 is 1.37 bits per heavy atom. The summed E-state index contributed by atoms with van der Waals surface area (Å²) >= 11 is 5.90. The summed E-state index contributed by atoms with van der Waals surface area (Å²) in [5.41, 5.74) is 1.54. The van der Waals surface area contributed by atoms with Gasteiger partial charge < -0.3 is 5.32 Å². The lowest BCUT2D eigenvalue weighted by molar-refractivity contribution is 0.628. The van der Waals surface area contributed by atoms with Crippen molar-refractivity contribution < 1.29 is 4.39 Å². The number of guanidine groups is 1. The van der Waals surface area contributed by atoms with Gasteiger partial charge in [-0.25, -0.2) is 9.38 Å². The SMILES string of the molecule is CC.CC/C(C)=N\C(=NC)Nc1ccc(F)cc1Cl. The van der Waals surface area contributed by atoms with Crippen molar-refractivity contribution in [2.75, 3.05) is 12.4 Å². The Bertz CT molecular complexity index is 456. The quantitative estimate of drug-likeness (QED) is 0.616. The first-order valence-corrected chi connectivity index (χ1v) is 6.67. The van der Waals surface area contributed by atoms with E-state index in [4.69, 9.17) is 11.6 Å². The second-order valence-corrected chi connectivity index (χ2v) is 3.90. The molecule has 0 radical (unpaired) electrons. The van der Waals surface area contributed by atoms with Crippen LogP contribution in [-0.2, 0) is 0 Å². The lowest BCUT2D eigenvalue weighted by Gasteiger charge is -2.08. The summed E-state index contributed by atoms with van der Waals surface area (Å²) in [6.07, 6.45) is 0.845. The Morgan fingerprint density at radius 3 is 2.47 bits per heavy atom. The van der Waals surface area contributed by atoms with Crippen LogP contribution in [0.4, 0.5) is 10.1 Å². The standard InChI is InChI=1S/C12H15ClFN3.C2H6/c1-4-8(2)16-12(15-3)17-11-6-5-9(14)7-10(11)13;1-2/h5-7H,4H2,1-3H3,(H,15,17);1-2H3/b16-8-;. The summed E-state index contributed by atoms with van der Waals surface area (Å²) in [6, 6.07) is 4.13. The van der Waals surface area contributed by atoms with Crippen molar-refractivity contribution in [3.8, 4) is 0 Å². The van der Waals surface area contributed by atoms with Gasteiger partial charge in [-0.15, -0.1) is 0 Å². The maximum Gasteiger partial charge on any atom is 0.222 e. The van der Waals surface area contributed by atoms with E-state index in [2.05, 4.69) is 15.3 Å². The zero-order valence-electron chi connectivity index (χ0n) is 12.1. The molecule has 0 aliphatic heterocycles. The van der Waals surface area contributed by atoms with Crippen molar-refractivity contribution in [2.45, 2.75) is 34.1 Å². The molecule has 0 aliphatic carbocycles. The number of halogens is 2. The second-order valence-electron chi connectivity index (χ2n) is 3.50. The van der Waals surface area contributed by atoms with Crippen molar-refractivity contribution >= 4 is 29.0 Å². The summed E-state index contributed by atoms with van der Waals surface area (Å²) in [6.45, 7) is 7.93. The minimum atomic E-state index is -0.372. The summed E-state index contributed by atoms with van der Waals surface area (Å²) in [5, 5.41) is 3.25. The van der Waals surface area contributed by atoms with Gasteiger partial charge >= 0.3 is 0 Å². The number of rotatable bonds is 2. The van der Waals surface area contributed by atoms with E-state index in [-0.39, 0.29) is 5.82 Å². The first-order chi connectivity index (χ1) is 9.06. The molecule has 0 aromatic heterocycles. The smallest absolute Gasteiger partial charge is 0.222 e. The predicted octanol–water partition coefficient (Wildman–Crippen LogP) is 4.77. The van der Waals surface area contributed by atoms with E-state index in [9.17, 15) is 4.39 Å². The van der Waals surface area contributed by atoms with Gasteiger partial charge in [0.2, 0.25) is 5.96 Å². The highest BCUT2D eigenvalue weighted by atomic mass is 35.5. The third-order valence-electron chi connectivity index (χ3n) is 2.20. The average Bonchev–Trinajstić information content (AvgIpc) is 2.42. The van der Waals surface area contributed by atoms with Crippen LogP contribution in [0.3, 0.4) is 0 Å². The third kappa shape index (κ3) is 6.34. The normalized spacial score (nSPS) is 11.7. The molecule has 1 aromatic rings. The minimum absolute atomic E-state index is 0.301. The molecule has 0 fully saturated rings. The number of anilines is 1. The van der Waals surface area contributed by atoms with Crippen molar-refractivity contribution in [3.05, 3.63) is 29.0 Å². The first-order valence-electron chi connectivity index (χ1n) is 6.29. The first kappa shape index (κ1) is 17.6. The second kappa shape index (κ2) is 9.50. The average molecular weight is 286 g/mol. The van der Waals surface area contributed by atoms with Crippen LogP contribution >= 0.6 is 11.6 Å². The van der Waals surface area contributed by atoms with Crippen molar-refractivity contribution in [2.24, 2.45) is 9.98 Å². The predicted molar refractivity (Wildman–Crippen MR) is 83.1 cm³/mol. The van der Waals surface area contributed by atoms with Gasteiger partial charge in [0.1, 0.15) is 5.82 Å². The highest BCUT2D eigenvalue weighted by molar-refractivity contribution is 6.33. The van der Waals surface area contributed by atoms with Crippen LogP contribution in [0.1, 0.15) is 34.1 Å². The summed E-state index contributed by atoms with van der Waals surface area (Å²) < 4.78 is 12.9. The van der Waals surface area contributed by atoms with Gasteiger partial charge in [-0.05, 0) is 31.5 Å². The molecule has 106 valence electrons. The van der Waals surface area contributed by atoms with E-state index in [0.29, 0.717) is 16.7 Å². The zero-order valence-corrected chi connectivity index (χ0v) is 12.8. The lowest BCUT2D eigenvalue weighted by Crippen LogP contribution is -2.11. The molecule has 0 aliphatic rings. The third-order valence-corrected chi connectivity index (χ3v) is 2.51. The molecule has 0 saturated carbocycles. The molecule has 0 unspecified atom stereocenters. The number of hydrogen-bond acceptors (Lipinski definition) is 1. The molecule has 19 heavy (non-hydrogen) atoms.